The Balaban J connectivity index is 2.05. The maximum atomic E-state index is 11.3. The van der Waals surface area contributed by atoms with E-state index in [9.17, 15) is 9.90 Å². The van der Waals surface area contributed by atoms with Gasteiger partial charge in [0.05, 0.1) is 5.92 Å². The zero-order valence-corrected chi connectivity index (χ0v) is 12.6. The first-order chi connectivity index (χ1) is 8.70. The van der Waals surface area contributed by atoms with Crippen molar-refractivity contribution in [2.75, 3.05) is 6.26 Å². The van der Waals surface area contributed by atoms with Crippen molar-refractivity contribution < 1.29 is 9.90 Å². The van der Waals surface area contributed by atoms with Crippen LogP contribution in [0.5, 0.6) is 0 Å². The first-order valence-corrected chi connectivity index (χ1v) is 8.89. The molecule has 18 heavy (non-hydrogen) atoms. The van der Waals surface area contributed by atoms with E-state index in [0.29, 0.717) is 0 Å². The molecule has 2 unspecified atom stereocenters. The van der Waals surface area contributed by atoms with Crippen LogP contribution >= 0.6 is 34.9 Å². The van der Waals surface area contributed by atoms with Gasteiger partial charge in [-0.15, -0.1) is 10.2 Å². The van der Waals surface area contributed by atoms with Crippen molar-refractivity contribution in [3.63, 3.8) is 0 Å². The van der Waals surface area contributed by atoms with Gasteiger partial charge in [-0.3, -0.25) is 4.79 Å². The van der Waals surface area contributed by atoms with E-state index in [2.05, 4.69) is 10.2 Å². The van der Waals surface area contributed by atoms with Crippen molar-refractivity contribution in [3.8, 4) is 0 Å². The molecule has 7 heteroatoms. The molecule has 1 aliphatic rings. The fourth-order valence-electron chi connectivity index (χ4n) is 2.15. The Morgan fingerprint density at radius 1 is 1.28 bits per heavy atom. The molecule has 2 atom stereocenters. The second-order valence-corrected chi connectivity index (χ2v) is 7.79. The maximum absolute atomic E-state index is 11.3. The van der Waals surface area contributed by atoms with Gasteiger partial charge in [-0.05, 0) is 19.1 Å². The van der Waals surface area contributed by atoms with Crippen LogP contribution in [0.25, 0.3) is 0 Å². The van der Waals surface area contributed by atoms with Gasteiger partial charge in [-0.1, -0.05) is 54.1 Å². The predicted molar refractivity (Wildman–Crippen MR) is 75.5 cm³/mol. The van der Waals surface area contributed by atoms with E-state index in [0.717, 1.165) is 40.8 Å². The van der Waals surface area contributed by atoms with Crippen LogP contribution < -0.4 is 0 Å². The number of rotatable bonds is 4. The van der Waals surface area contributed by atoms with E-state index in [1.807, 2.05) is 6.26 Å². The van der Waals surface area contributed by atoms with Gasteiger partial charge in [0.1, 0.15) is 0 Å². The van der Waals surface area contributed by atoms with Crippen LogP contribution in [0.1, 0.15) is 32.1 Å². The Kier molecular flexibility index (Phi) is 5.32. The highest BCUT2D eigenvalue weighted by Crippen LogP contribution is 2.38. The lowest BCUT2D eigenvalue weighted by molar-refractivity contribution is -0.141. The highest BCUT2D eigenvalue weighted by Gasteiger charge is 2.31. The molecular weight excluding hydrogens is 288 g/mol. The number of aromatic nitrogens is 2. The summed E-state index contributed by atoms with van der Waals surface area (Å²) in [5.74, 6) is -0.900. The molecule has 0 radical (unpaired) electrons. The molecule has 1 aromatic rings. The quantitative estimate of drug-likeness (QED) is 0.679. The van der Waals surface area contributed by atoms with Crippen LogP contribution in [0.2, 0.25) is 0 Å². The normalized spacial score (nSPS) is 24.7. The smallest absolute Gasteiger partial charge is 0.307 e. The number of hydrogen-bond donors (Lipinski definition) is 1. The highest BCUT2D eigenvalue weighted by atomic mass is 32.2. The number of carboxylic acid groups (broad SMARTS) is 1. The zero-order valence-electron chi connectivity index (χ0n) is 10.2. The number of carboxylic acids is 1. The Morgan fingerprint density at radius 3 is 2.67 bits per heavy atom. The number of aliphatic carboxylic acids is 1. The molecule has 2 rings (SSSR count). The average molecular weight is 304 g/mol. The number of thioether (sulfide) groups is 2. The Bertz CT molecular complexity index is 411. The minimum atomic E-state index is -0.663. The Hall–Kier alpha value is -0.270. The first kappa shape index (κ1) is 14.1. The molecule has 0 saturated heterocycles. The molecule has 1 N–H and O–H groups in total. The van der Waals surface area contributed by atoms with E-state index in [1.165, 1.54) is 0 Å². The van der Waals surface area contributed by atoms with Crippen LogP contribution in [0.3, 0.4) is 0 Å². The number of carbonyl (C=O) groups is 1. The van der Waals surface area contributed by atoms with Crippen LogP contribution in [-0.4, -0.2) is 32.8 Å². The fraction of sp³-hybridized carbons (Fsp3) is 0.727. The SMILES string of the molecule is CSc1nnc(SC2CCCCCC2C(=O)O)s1. The third kappa shape index (κ3) is 3.61. The molecule has 0 aromatic carbocycles. The molecule has 4 nitrogen and oxygen atoms in total. The van der Waals surface area contributed by atoms with Gasteiger partial charge in [0, 0.05) is 5.25 Å². The highest BCUT2D eigenvalue weighted by molar-refractivity contribution is 8.03. The first-order valence-electron chi connectivity index (χ1n) is 5.97. The average Bonchev–Trinajstić information content (AvgIpc) is 2.66. The summed E-state index contributed by atoms with van der Waals surface area (Å²) in [6, 6.07) is 0. The van der Waals surface area contributed by atoms with Gasteiger partial charge in [-0.25, -0.2) is 0 Å². The lowest BCUT2D eigenvalue weighted by atomic mass is 10.0. The largest absolute Gasteiger partial charge is 0.481 e. The summed E-state index contributed by atoms with van der Waals surface area (Å²) in [6.07, 6.45) is 7.03. The van der Waals surface area contributed by atoms with Gasteiger partial charge in [-0.2, -0.15) is 0 Å². The van der Waals surface area contributed by atoms with Crippen LogP contribution in [0.15, 0.2) is 8.68 Å². The zero-order chi connectivity index (χ0) is 13.0. The standard InChI is InChI=1S/C11H16N2O2S3/c1-16-10-12-13-11(18-10)17-8-6-4-2-3-5-7(8)9(14)15/h7-8H,2-6H2,1H3,(H,14,15). The second kappa shape index (κ2) is 6.77. The van der Waals surface area contributed by atoms with Crippen molar-refractivity contribution in [3.05, 3.63) is 0 Å². The number of hydrogen-bond acceptors (Lipinski definition) is 6. The summed E-state index contributed by atoms with van der Waals surface area (Å²) in [5.41, 5.74) is 0. The monoisotopic (exact) mass is 304 g/mol. The fourth-order valence-corrected chi connectivity index (χ4v) is 5.17. The minimum Gasteiger partial charge on any atom is -0.481 e. The summed E-state index contributed by atoms with van der Waals surface area (Å²) in [4.78, 5) is 11.3. The van der Waals surface area contributed by atoms with E-state index in [1.54, 1.807) is 34.9 Å². The van der Waals surface area contributed by atoms with E-state index >= 15 is 0 Å². The van der Waals surface area contributed by atoms with Gasteiger partial charge < -0.3 is 5.11 Å². The van der Waals surface area contributed by atoms with Crippen molar-refractivity contribution in [1.29, 1.82) is 0 Å². The summed E-state index contributed by atoms with van der Waals surface area (Å²) >= 11 is 4.74. The molecule has 0 amide bonds. The molecule has 1 heterocycles. The molecular formula is C11H16N2O2S3. The summed E-state index contributed by atoms with van der Waals surface area (Å²) < 4.78 is 1.84. The van der Waals surface area contributed by atoms with Gasteiger partial charge >= 0.3 is 5.97 Å². The lowest BCUT2D eigenvalue weighted by Crippen LogP contribution is -2.24. The molecule has 0 aliphatic heterocycles. The van der Waals surface area contributed by atoms with Gasteiger partial charge in [0.2, 0.25) is 0 Å². The number of nitrogens with zero attached hydrogens (tertiary/aromatic N) is 2. The molecule has 1 aliphatic carbocycles. The predicted octanol–water partition coefficient (Wildman–Crippen LogP) is 3.39. The Morgan fingerprint density at radius 2 is 2.00 bits per heavy atom. The third-order valence-corrected chi connectivity index (χ3v) is 6.47. The van der Waals surface area contributed by atoms with Crippen molar-refractivity contribution in [1.82, 2.24) is 10.2 Å². The summed E-state index contributed by atoms with van der Waals surface area (Å²) in [6.45, 7) is 0. The molecule has 1 aromatic heterocycles. The lowest BCUT2D eigenvalue weighted by Gasteiger charge is -2.19. The van der Waals surface area contributed by atoms with E-state index in [4.69, 9.17) is 0 Å². The van der Waals surface area contributed by atoms with Crippen molar-refractivity contribution in [2.24, 2.45) is 5.92 Å². The van der Waals surface area contributed by atoms with E-state index < -0.39 is 5.97 Å². The molecule has 1 saturated carbocycles. The van der Waals surface area contributed by atoms with Crippen LogP contribution in [0.4, 0.5) is 0 Å². The van der Waals surface area contributed by atoms with Gasteiger partial charge in [0.25, 0.3) is 0 Å². The molecule has 100 valence electrons. The van der Waals surface area contributed by atoms with Crippen LogP contribution in [0, 0.1) is 5.92 Å². The topological polar surface area (TPSA) is 63.1 Å². The maximum Gasteiger partial charge on any atom is 0.307 e. The minimum absolute atomic E-state index is 0.146. The second-order valence-electron chi connectivity index (χ2n) is 4.28. The summed E-state index contributed by atoms with van der Waals surface area (Å²) in [7, 11) is 0. The van der Waals surface area contributed by atoms with Crippen molar-refractivity contribution >= 4 is 40.8 Å². The third-order valence-electron chi connectivity index (χ3n) is 3.08. The molecule has 0 spiro atoms. The van der Waals surface area contributed by atoms with Crippen LogP contribution in [-0.2, 0) is 4.79 Å². The summed E-state index contributed by atoms with van der Waals surface area (Å²) in [5, 5.41) is 17.6. The molecule has 0 bridgehead atoms. The van der Waals surface area contributed by atoms with Crippen molar-refractivity contribution in [2.45, 2.75) is 46.0 Å². The van der Waals surface area contributed by atoms with E-state index in [-0.39, 0.29) is 11.2 Å². The molecule has 1 fully saturated rings. The Labute approximate surface area is 119 Å². The van der Waals surface area contributed by atoms with Gasteiger partial charge in [0.15, 0.2) is 8.68 Å².